The van der Waals surface area contributed by atoms with E-state index in [2.05, 4.69) is 10.5 Å². The van der Waals surface area contributed by atoms with Crippen LogP contribution in [0.15, 0.2) is 47.6 Å². The van der Waals surface area contributed by atoms with Gasteiger partial charge in [0, 0.05) is 11.3 Å². The number of hydrogen-bond donors (Lipinski definition) is 3. The van der Waals surface area contributed by atoms with Crippen LogP contribution in [0.4, 0.5) is 5.69 Å². The van der Waals surface area contributed by atoms with E-state index in [0.29, 0.717) is 17.0 Å². The number of phenolic OH excluding ortho intramolecular Hbond substituents is 1. The minimum Gasteiger partial charge on any atom is -0.506 e. The largest absolute Gasteiger partial charge is 0.506 e. The summed E-state index contributed by atoms with van der Waals surface area (Å²) in [6.07, 6.45) is 0. The Bertz CT molecular complexity index is 697. The van der Waals surface area contributed by atoms with Gasteiger partial charge in [0.2, 0.25) is 0 Å². The number of halogens is 1. The van der Waals surface area contributed by atoms with E-state index in [0.717, 1.165) is 5.56 Å². The molecule has 5 nitrogen and oxygen atoms in total. The maximum atomic E-state index is 12.0. The van der Waals surface area contributed by atoms with Crippen molar-refractivity contribution in [3.05, 3.63) is 58.6 Å². The van der Waals surface area contributed by atoms with Crippen molar-refractivity contribution in [3.8, 4) is 5.75 Å². The summed E-state index contributed by atoms with van der Waals surface area (Å²) in [6.45, 7) is 1.67. The standard InChI is InChI=1S/C15H13ClN2O3/c1-9(18-21)10-2-5-12(6-3-10)17-15(20)11-4-7-14(19)13(16)8-11/h2-8,19,21H,1H3,(H,17,20)/b18-9+. The Labute approximate surface area is 126 Å². The van der Waals surface area contributed by atoms with Gasteiger partial charge >= 0.3 is 0 Å². The van der Waals surface area contributed by atoms with Crippen molar-refractivity contribution < 1.29 is 15.1 Å². The fourth-order valence-electron chi connectivity index (χ4n) is 1.70. The summed E-state index contributed by atoms with van der Waals surface area (Å²) in [5.41, 5.74) is 2.18. The number of rotatable bonds is 3. The van der Waals surface area contributed by atoms with Gasteiger partial charge in [-0.15, -0.1) is 0 Å². The third-order valence-electron chi connectivity index (χ3n) is 2.92. The maximum absolute atomic E-state index is 12.0. The molecule has 3 N–H and O–H groups in total. The maximum Gasteiger partial charge on any atom is 0.255 e. The number of aromatic hydroxyl groups is 1. The van der Waals surface area contributed by atoms with Gasteiger partial charge in [-0.2, -0.15) is 0 Å². The van der Waals surface area contributed by atoms with Gasteiger partial charge in [0.25, 0.3) is 5.91 Å². The Hall–Kier alpha value is -2.53. The normalized spacial score (nSPS) is 11.2. The Morgan fingerprint density at radius 1 is 1.14 bits per heavy atom. The van der Waals surface area contributed by atoms with Gasteiger partial charge in [-0.05, 0) is 42.8 Å². The summed E-state index contributed by atoms with van der Waals surface area (Å²) in [5, 5.41) is 23.9. The van der Waals surface area contributed by atoms with Crippen molar-refractivity contribution in [2.45, 2.75) is 6.92 Å². The van der Waals surface area contributed by atoms with Crippen LogP contribution in [0.5, 0.6) is 5.75 Å². The molecule has 1 amide bonds. The second kappa shape index (κ2) is 6.28. The molecule has 6 heteroatoms. The third kappa shape index (κ3) is 3.52. The van der Waals surface area contributed by atoms with Crippen LogP contribution in [0.2, 0.25) is 5.02 Å². The number of hydrogen-bond acceptors (Lipinski definition) is 4. The van der Waals surface area contributed by atoms with Crippen molar-refractivity contribution >= 4 is 28.9 Å². The van der Waals surface area contributed by atoms with E-state index >= 15 is 0 Å². The summed E-state index contributed by atoms with van der Waals surface area (Å²) < 4.78 is 0. The minimum absolute atomic E-state index is 0.0728. The molecule has 2 aromatic carbocycles. The second-order valence-electron chi connectivity index (χ2n) is 4.38. The van der Waals surface area contributed by atoms with Gasteiger partial charge in [-0.25, -0.2) is 0 Å². The lowest BCUT2D eigenvalue weighted by Crippen LogP contribution is -2.11. The topological polar surface area (TPSA) is 81.9 Å². The zero-order chi connectivity index (χ0) is 15.4. The molecule has 0 saturated heterocycles. The molecular weight excluding hydrogens is 292 g/mol. The van der Waals surface area contributed by atoms with Gasteiger partial charge in [0.1, 0.15) is 5.75 Å². The molecule has 21 heavy (non-hydrogen) atoms. The average molecular weight is 305 g/mol. The second-order valence-corrected chi connectivity index (χ2v) is 4.79. The number of benzene rings is 2. The van der Waals surface area contributed by atoms with E-state index in [-0.39, 0.29) is 16.7 Å². The van der Waals surface area contributed by atoms with E-state index in [1.165, 1.54) is 18.2 Å². The van der Waals surface area contributed by atoms with Crippen molar-refractivity contribution in [2.24, 2.45) is 5.16 Å². The Morgan fingerprint density at radius 2 is 1.76 bits per heavy atom. The zero-order valence-electron chi connectivity index (χ0n) is 11.2. The third-order valence-corrected chi connectivity index (χ3v) is 3.22. The molecule has 0 aliphatic carbocycles. The van der Waals surface area contributed by atoms with Gasteiger partial charge in [-0.1, -0.05) is 28.9 Å². The first-order valence-corrected chi connectivity index (χ1v) is 6.48. The Morgan fingerprint density at radius 3 is 2.33 bits per heavy atom. The van der Waals surface area contributed by atoms with Crippen LogP contribution in [0.3, 0.4) is 0 Å². The fourth-order valence-corrected chi connectivity index (χ4v) is 1.88. The number of oxime groups is 1. The molecule has 0 heterocycles. The highest BCUT2D eigenvalue weighted by atomic mass is 35.5. The SMILES string of the molecule is C/C(=N\O)c1ccc(NC(=O)c2ccc(O)c(Cl)c2)cc1. The van der Waals surface area contributed by atoms with Crippen LogP contribution in [-0.2, 0) is 0 Å². The quantitative estimate of drug-likeness (QED) is 0.461. The first-order valence-electron chi connectivity index (χ1n) is 6.10. The average Bonchev–Trinajstić information content (AvgIpc) is 2.50. The number of phenols is 1. The predicted octanol–water partition coefficient (Wildman–Crippen LogP) is 3.50. The number of amides is 1. The molecule has 0 radical (unpaired) electrons. The van der Waals surface area contributed by atoms with Crippen LogP contribution in [0.25, 0.3) is 0 Å². The van der Waals surface area contributed by atoms with Gasteiger partial charge in [0.15, 0.2) is 0 Å². The summed E-state index contributed by atoms with van der Waals surface area (Å²) in [4.78, 5) is 12.0. The van der Waals surface area contributed by atoms with E-state index in [4.69, 9.17) is 16.8 Å². The molecule has 0 fully saturated rings. The number of nitrogens with one attached hydrogen (secondary N) is 1. The van der Waals surface area contributed by atoms with Crippen LogP contribution in [0.1, 0.15) is 22.8 Å². The van der Waals surface area contributed by atoms with Gasteiger partial charge < -0.3 is 15.6 Å². The zero-order valence-corrected chi connectivity index (χ0v) is 11.9. The Kier molecular flexibility index (Phi) is 4.45. The van der Waals surface area contributed by atoms with E-state index in [1.807, 2.05) is 0 Å². The molecule has 0 unspecified atom stereocenters. The van der Waals surface area contributed by atoms with Gasteiger partial charge in [-0.3, -0.25) is 4.79 Å². The highest BCUT2D eigenvalue weighted by molar-refractivity contribution is 6.32. The van der Waals surface area contributed by atoms with Gasteiger partial charge in [0.05, 0.1) is 10.7 Å². The summed E-state index contributed by atoms with van der Waals surface area (Å²) in [7, 11) is 0. The van der Waals surface area contributed by atoms with Crippen molar-refractivity contribution in [2.75, 3.05) is 5.32 Å². The number of anilines is 1. The molecule has 108 valence electrons. The van der Waals surface area contributed by atoms with Crippen LogP contribution < -0.4 is 5.32 Å². The first kappa shape index (κ1) is 14.9. The fraction of sp³-hybridized carbons (Fsp3) is 0.0667. The molecule has 0 aromatic heterocycles. The highest BCUT2D eigenvalue weighted by Gasteiger charge is 2.09. The number of carbonyl (C=O) groups is 1. The molecule has 2 aromatic rings. The molecule has 0 aliphatic rings. The lowest BCUT2D eigenvalue weighted by molar-refractivity contribution is 0.102. The summed E-state index contributed by atoms with van der Waals surface area (Å²) in [5.74, 6) is -0.409. The van der Waals surface area contributed by atoms with Crippen LogP contribution >= 0.6 is 11.6 Å². The summed E-state index contributed by atoms with van der Waals surface area (Å²) in [6, 6.07) is 11.1. The molecule has 0 aliphatic heterocycles. The lowest BCUT2D eigenvalue weighted by Gasteiger charge is -2.07. The number of carbonyl (C=O) groups excluding carboxylic acids is 1. The molecule has 2 rings (SSSR count). The molecule has 0 atom stereocenters. The monoisotopic (exact) mass is 304 g/mol. The lowest BCUT2D eigenvalue weighted by atomic mass is 10.1. The first-order chi connectivity index (χ1) is 10.0. The molecule has 0 bridgehead atoms. The van der Waals surface area contributed by atoms with E-state index < -0.39 is 0 Å². The summed E-state index contributed by atoms with van der Waals surface area (Å²) >= 11 is 5.77. The molecule has 0 saturated carbocycles. The predicted molar refractivity (Wildman–Crippen MR) is 81.5 cm³/mol. The van der Waals surface area contributed by atoms with Crippen molar-refractivity contribution in [1.82, 2.24) is 0 Å². The van der Waals surface area contributed by atoms with Crippen LogP contribution in [0, 0.1) is 0 Å². The molecular formula is C15H13ClN2O3. The van der Waals surface area contributed by atoms with Crippen LogP contribution in [-0.4, -0.2) is 21.9 Å². The highest BCUT2D eigenvalue weighted by Crippen LogP contribution is 2.24. The van der Waals surface area contributed by atoms with Crippen molar-refractivity contribution in [1.29, 1.82) is 0 Å². The van der Waals surface area contributed by atoms with E-state index in [9.17, 15) is 9.90 Å². The Balaban J connectivity index is 2.14. The van der Waals surface area contributed by atoms with E-state index in [1.54, 1.807) is 31.2 Å². The minimum atomic E-state index is -0.336. The number of nitrogens with zero attached hydrogens (tertiary/aromatic N) is 1. The smallest absolute Gasteiger partial charge is 0.255 e. The molecule has 0 spiro atoms. The van der Waals surface area contributed by atoms with Crippen molar-refractivity contribution in [3.63, 3.8) is 0 Å².